The second-order valence-electron chi connectivity index (χ2n) is 20.2. The lowest BCUT2D eigenvalue weighted by Crippen LogP contribution is -2.57. The Hall–Kier alpha value is -10.2. The van der Waals surface area contributed by atoms with Gasteiger partial charge in [0.15, 0.2) is 0 Å². The van der Waals surface area contributed by atoms with Crippen molar-refractivity contribution in [3.8, 4) is 23.0 Å². The molecule has 358 valence electrons. The van der Waals surface area contributed by atoms with Crippen LogP contribution < -0.4 is 35.7 Å². The van der Waals surface area contributed by atoms with Gasteiger partial charge in [-0.2, -0.15) is 0 Å². The molecular weight excluding hydrogens is 944 g/mol. The molecule has 2 aromatic heterocycles. The number of furan rings is 2. The maximum absolute atomic E-state index is 7.13. The van der Waals surface area contributed by atoms with Crippen LogP contribution in [-0.4, -0.2) is 6.71 Å². The molecule has 0 radical (unpaired) electrons. The number of hydrogen-bond acceptors (Lipinski definition) is 6. The highest BCUT2D eigenvalue weighted by atomic mass is 16.5. The second-order valence-corrected chi connectivity index (χ2v) is 20.2. The zero-order chi connectivity index (χ0) is 50.3. The van der Waals surface area contributed by atoms with Crippen LogP contribution >= 0.6 is 0 Å². The molecule has 0 amide bonds. The average molecular weight is 985 g/mol. The van der Waals surface area contributed by atoms with Crippen LogP contribution in [0.2, 0.25) is 0 Å². The third-order valence-corrected chi connectivity index (χ3v) is 16.1. The first kappa shape index (κ1) is 42.2. The summed E-state index contributed by atoms with van der Waals surface area (Å²) in [4.78, 5) is 4.74. The highest BCUT2D eigenvalue weighted by molar-refractivity contribution is 6.98. The Balaban J connectivity index is 0.862. The molecule has 13 aromatic carbocycles. The normalized spacial score (nSPS) is 12.6. The monoisotopic (exact) mass is 984 g/mol. The van der Waals surface area contributed by atoms with E-state index in [2.05, 4.69) is 252 Å². The van der Waals surface area contributed by atoms with Gasteiger partial charge in [-0.05, 0) is 105 Å². The third-order valence-electron chi connectivity index (χ3n) is 16.1. The fourth-order valence-electron chi connectivity index (χ4n) is 12.8. The number of ether oxygens (including phenoxy) is 2. The summed E-state index contributed by atoms with van der Waals surface area (Å²) >= 11 is 0. The van der Waals surface area contributed by atoms with Crippen molar-refractivity contribution in [1.29, 1.82) is 0 Å². The smallest absolute Gasteiger partial charge is 0.261 e. The van der Waals surface area contributed by atoms with E-state index in [1.165, 1.54) is 10.8 Å². The molecule has 0 aliphatic carbocycles. The van der Waals surface area contributed by atoms with Crippen LogP contribution in [0.5, 0.6) is 23.0 Å². The lowest BCUT2D eigenvalue weighted by molar-refractivity contribution is 0.465. The van der Waals surface area contributed by atoms with Crippen molar-refractivity contribution < 1.29 is 18.3 Å². The van der Waals surface area contributed by atoms with Crippen molar-refractivity contribution in [3.05, 3.63) is 249 Å². The molecule has 0 N–H and O–H groups in total. The van der Waals surface area contributed by atoms with Crippen molar-refractivity contribution in [2.75, 3.05) is 9.80 Å². The van der Waals surface area contributed by atoms with Crippen LogP contribution in [0.1, 0.15) is 0 Å². The van der Waals surface area contributed by atoms with Crippen LogP contribution in [0.4, 0.5) is 34.1 Å². The summed E-state index contributed by atoms with van der Waals surface area (Å²) in [5, 5.41) is 13.2. The minimum Gasteiger partial charge on any atom is -0.458 e. The van der Waals surface area contributed by atoms with Gasteiger partial charge in [0.1, 0.15) is 45.3 Å². The van der Waals surface area contributed by atoms with Crippen LogP contribution in [0, 0.1) is 0 Å². The van der Waals surface area contributed by atoms with Crippen molar-refractivity contribution >= 4 is 144 Å². The average Bonchev–Trinajstić information content (AvgIpc) is 4.07. The highest BCUT2D eigenvalue weighted by Crippen LogP contribution is 2.50. The Labute approximate surface area is 441 Å². The summed E-state index contributed by atoms with van der Waals surface area (Å²) in [6.45, 7) is -0.233. The molecule has 0 saturated heterocycles. The Kier molecular flexibility index (Phi) is 8.83. The fourth-order valence-corrected chi connectivity index (χ4v) is 12.8. The van der Waals surface area contributed by atoms with Gasteiger partial charge in [-0.1, -0.05) is 164 Å². The summed E-state index contributed by atoms with van der Waals surface area (Å²) in [6.07, 6.45) is 0. The lowest BCUT2D eigenvalue weighted by Gasteiger charge is -2.32. The van der Waals surface area contributed by atoms with Crippen LogP contribution in [-0.2, 0) is 0 Å². The van der Waals surface area contributed by atoms with Crippen molar-refractivity contribution in [2.24, 2.45) is 0 Å². The molecule has 7 heteroatoms. The van der Waals surface area contributed by atoms with Crippen LogP contribution in [0.15, 0.2) is 258 Å². The van der Waals surface area contributed by atoms with Gasteiger partial charge in [-0.25, -0.2) is 0 Å². The van der Waals surface area contributed by atoms with Gasteiger partial charge < -0.3 is 28.1 Å². The van der Waals surface area contributed by atoms with Gasteiger partial charge >= 0.3 is 0 Å². The summed E-state index contributed by atoms with van der Waals surface area (Å²) < 4.78 is 28.2. The Morgan fingerprint density at radius 1 is 0.273 bits per heavy atom. The lowest BCUT2D eigenvalue weighted by atomic mass is 9.35. The summed E-state index contributed by atoms with van der Waals surface area (Å²) in [5.74, 6) is 3.11. The van der Waals surface area contributed by atoms with E-state index >= 15 is 0 Å². The van der Waals surface area contributed by atoms with Gasteiger partial charge in [0.25, 0.3) is 6.71 Å². The Morgan fingerprint density at radius 2 is 0.662 bits per heavy atom. The molecule has 77 heavy (non-hydrogen) atoms. The molecular formula is C70H41BN2O4. The number of rotatable bonds is 6. The van der Waals surface area contributed by atoms with Crippen molar-refractivity contribution in [3.63, 3.8) is 0 Å². The number of para-hydroxylation sites is 2. The molecule has 2 aliphatic rings. The van der Waals surface area contributed by atoms with Crippen LogP contribution in [0.3, 0.4) is 0 Å². The summed E-state index contributed by atoms with van der Waals surface area (Å²) in [6, 6.07) is 88.2. The highest BCUT2D eigenvalue weighted by Gasteiger charge is 2.41. The Morgan fingerprint density at radius 3 is 1.13 bits per heavy atom. The predicted molar refractivity (Wildman–Crippen MR) is 318 cm³/mol. The van der Waals surface area contributed by atoms with Gasteiger partial charge in [0.05, 0.1) is 22.7 Å². The molecule has 0 fully saturated rings. The van der Waals surface area contributed by atoms with Gasteiger partial charge in [0.2, 0.25) is 0 Å². The summed E-state index contributed by atoms with van der Waals surface area (Å²) in [5.41, 5.74) is 12.5. The third kappa shape index (κ3) is 6.19. The topological polar surface area (TPSA) is 51.2 Å². The first-order chi connectivity index (χ1) is 38.2. The number of hydrogen-bond donors (Lipinski definition) is 0. The molecule has 0 atom stereocenters. The van der Waals surface area contributed by atoms with E-state index in [0.29, 0.717) is 0 Å². The number of fused-ring (bicyclic) bond motifs is 16. The van der Waals surface area contributed by atoms with E-state index in [9.17, 15) is 0 Å². The van der Waals surface area contributed by atoms with Crippen LogP contribution in [0.25, 0.3) is 87.0 Å². The molecule has 15 aromatic rings. The fraction of sp³-hybridized carbons (Fsp3) is 0. The number of nitrogens with zero attached hydrogens (tertiary/aromatic N) is 2. The largest absolute Gasteiger partial charge is 0.458 e. The zero-order valence-corrected chi connectivity index (χ0v) is 41.3. The standard InChI is InChI=1S/C70H41BN2O4/c1-3-22-44(23-4-1)72(56-32-15-20-42-18-7-9-26-46(42)56)58-40-66-68(50-30-13-11-28-48(50)58)52-36-64-54(38-62(52)76-66)71-55-39-63-53(37-65(55)75-61-35-17-34-60(74-64)70(61)71)69-51-31-14-12-29-49(51)59(41-67(69)77-63)73(45-24-5-2-6-25-45)57-33-16-21-43-19-8-10-27-47(43)57/h1-41H. The van der Waals surface area contributed by atoms with Crippen molar-refractivity contribution in [1.82, 2.24) is 0 Å². The van der Waals surface area contributed by atoms with E-state index < -0.39 is 0 Å². The van der Waals surface area contributed by atoms with E-state index in [4.69, 9.17) is 18.3 Å². The zero-order valence-electron chi connectivity index (χ0n) is 41.3. The first-order valence-electron chi connectivity index (χ1n) is 26.2. The minimum atomic E-state index is -0.233. The van der Waals surface area contributed by atoms with Gasteiger partial charge in [-0.3, -0.25) is 0 Å². The van der Waals surface area contributed by atoms with E-state index in [1.807, 2.05) is 6.07 Å². The molecule has 0 saturated carbocycles. The maximum atomic E-state index is 7.13. The van der Waals surface area contributed by atoms with Gasteiger partial charge in [0, 0.05) is 72.1 Å². The summed E-state index contributed by atoms with van der Waals surface area (Å²) in [7, 11) is 0. The number of anilines is 6. The Bertz CT molecular complexity index is 4650. The van der Waals surface area contributed by atoms with E-state index in [1.54, 1.807) is 0 Å². The minimum absolute atomic E-state index is 0.233. The van der Waals surface area contributed by atoms with E-state index in [-0.39, 0.29) is 6.71 Å². The molecule has 0 bridgehead atoms. The van der Waals surface area contributed by atoms with Crippen molar-refractivity contribution in [2.45, 2.75) is 0 Å². The maximum Gasteiger partial charge on any atom is 0.261 e. The molecule has 0 spiro atoms. The molecule has 6 nitrogen and oxygen atoms in total. The number of benzene rings is 13. The van der Waals surface area contributed by atoms with E-state index in [0.717, 1.165) is 150 Å². The second kappa shape index (κ2) is 16.1. The molecule has 17 rings (SSSR count). The SMILES string of the molecule is c1ccc(N(c2cccc3ccccc23)c2cc3oc4cc5c(cc4c3c3ccccc23)Oc2cccc3c2B5c2cc4oc5cc(N(c6ccccc6)c6cccc7ccccc67)c6ccccc6c5c4cc2O3)cc1. The quantitative estimate of drug-likeness (QED) is 0.155. The molecule has 4 heterocycles. The first-order valence-corrected chi connectivity index (χ1v) is 26.2. The predicted octanol–water partition coefficient (Wildman–Crippen LogP) is 17.8. The molecule has 2 aliphatic heterocycles. The van der Waals surface area contributed by atoms with Gasteiger partial charge in [-0.15, -0.1) is 0 Å². The molecule has 0 unspecified atom stereocenters.